The third-order valence-electron chi connectivity index (χ3n) is 6.08. The second-order valence-electron chi connectivity index (χ2n) is 7.92. The van der Waals surface area contributed by atoms with Crippen molar-refractivity contribution in [3.05, 3.63) is 95.3 Å². The predicted octanol–water partition coefficient (Wildman–Crippen LogP) is 3.88. The van der Waals surface area contributed by atoms with Gasteiger partial charge in [0.15, 0.2) is 0 Å². The maximum atomic E-state index is 14.0. The van der Waals surface area contributed by atoms with Crippen LogP contribution < -0.4 is 9.80 Å². The number of carbonyl (C=O) groups is 2. The summed E-state index contributed by atoms with van der Waals surface area (Å²) in [5.74, 6) is -1.42. The number of benzene rings is 3. The molecular weight excluding hydrogens is 427 g/mol. The van der Waals surface area contributed by atoms with Crippen LogP contribution >= 0.6 is 0 Å². The van der Waals surface area contributed by atoms with E-state index in [2.05, 4.69) is 0 Å². The maximum absolute atomic E-state index is 14.0. The number of halogens is 1. The minimum absolute atomic E-state index is 0.114. The zero-order valence-corrected chi connectivity index (χ0v) is 18.3. The van der Waals surface area contributed by atoms with Crippen molar-refractivity contribution < 1.29 is 18.2 Å². The smallest absolute Gasteiger partial charge is 0.271 e. The van der Waals surface area contributed by atoms with Crippen molar-refractivity contribution in [1.82, 2.24) is 0 Å². The minimum atomic E-state index is -1.79. The Balaban J connectivity index is 1.66. The molecule has 0 aliphatic carbocycles. The molecule has 2 heterocycles. The number of hydrogen-bond acceptors (Lipinski definition) is 3. The average molecular weight is 449 g/mol. The van der Waals surface area contributed by atoms with Gasteiger partial charge in [0.05, 0.1) is 23.0 Å². The molecule has 0 radical (unpaired) electrons. The molecule has 7 heteroatoms. The molecule has 0 N–H and O–H groups in total. The fourth-order valence-electron chi connectivity index (χ4n) is 4.58. The Morgan fingerprint density at radius 3 is 2.44 bits per heavy atom. The van der Waals surface area contributed by atoms with E-state index in [1.807, 2.05) is 19.1 Å². The summed E-state index contributed by atoms with van der Waals surface area (Å²) in [6.45, 7) is 2.15. The molecule has 3 aromatic rings. The fraction of sp³-hybridized carbons (Fsp3) is 0.200. The summed E-state index contributed by atoms with van der Waals surface area (Å²) < 4.78 is 27.3. The van der Waals surface area contributed by atoms with Crippen molar-refractivity contribution in [2.75, 3.05) is 15.6 Å². The van der Waals surface area contributed by atoms with Gasteiger partial charge in [0.2, 0.25) is 10.8 Å². The molecule has 1 spiro atoms. The Morgan fingerprint density at radius 1 is 0.969 bits per heavy atom. The zero-order valence-electron chi connectivity index (χ0n) is 17.5. The van der Waals surface area contributed by atoms with E-state index in [0.717, 1.165) is 12.0 Å². The van der Waals surface area contributed by atoms with Crippen LogP contribution in [0.3, 0.4) is 0 Å². The topological polar surface area (TPSA) is 57.7 Å². The van der Waals surface area contributed by atoms with Crippen LogP contribution in [-0.4, -0.2) is 21.8 Å². The van der Waals surface area contributed by atoms with Crippen molar-refractivity contribution in [3.8, 4) is 0 Å². The lowest BCUT2D eigenvalue weighted by Crippen LogP contribution is -2.52. The van der Waals surface area contributed by atoms with E-state index in [4.69, 9.17) is 0 Å². The van der Waals surface area contributed by atoms with Gasteiger partial charge in [0, 0.05) is 11.3 Å². The van der Waals surface area contributed by atoms with Crippen molar-refractivity contribution in [2.45, 2.75) is 24.8 Å². The van der Waals surface area contributed by atoms with E-state index < -0.39 is 27.4 Å². The minimum Gasteiger partial charge on any atom is -0.304 e. The van der Waals surface area contributed by atoms with Crippen LogP contribution in [0.25, 0.3) is 0 Å². The summed E-state index contributed by atoms with van der Waals surface area (Å²) in [5, 5.41) is 0. The van der Waals surface area contributed by atoms with Gasteiger partial charge in [-0.3, -0.25) is 18.7 Å². The van der Waals surface area contributed by atoms with E-state index in [1.54, 1.807) is 48.5 Å². The molecule has 5 rings (SSSR count). The number of aryl methyl sites for hydroxylation is 1. The monoisotopic (exact) mass is 448 g/mol. The molecule has 5 nitrogen and oxygen atoms in total. The summed E-state index contributed by atoms with van der Waals surface area (Å²) in [6, 6.07) is 20.6. The van der Waals surface area contributed by atoms with E-state index in [9.17, 15) is 18.2 Å². The van der Waals surface area contributed by atoms with E-state index in [-0.39, 0.29) is 18.2 Å². The van der Waals surface area contributed by atoms with Crippen molar-refractivity contribution in [1.29, 1.82) is 0 Å². The molecule has 0 bridgehead atoms. The van der Waals surface area contributed by atoms with Gasteiger partial charge in [-0.05, 0) is 47.9 Å². The summed E-state index contributed by atoms with van der Waals surface area (Å²) in [4.78, 5) is 28.3. The van der Waals surface area contributed by atoms with Crippen LogP contribution in [0.4, 0.5) is 15.8 Å². The van der Waals surface area contributed by atoms with Crippen LogP contribution in [0, 0.1) is 5.82 Å². The van der Waals surface area contributed by atoms with Gasteiger partial charge in [-0.2, -0.15) is 0 Å². The molecule has 3 aromatic carbocycles. The lowest BCUT2D eigenvalue weighted by Gasteiger charge is -2.32. The number of para-hydroxylation sites is 1. The molecule has 162 valence electrons. The Labute approximate surface area is 187 Å². The standard InChI is InChI=1S/C25H21FN2O3S/c1-2-17-10-12-20(13-11-17)28-23(29)16-32(31)25(28)21-8-3-4-9-22(21)27(24(25)30)15-18-6-5-7-19(26)14-18/h3-14H,2,15-16H2,1H3. The molecule has 2 aliphatic heterocycles. The van der Waals surface area contributed by atoms with Gasteiger partial charge < -0.3 is 4.90 Å². The van der Waals surface area contributed by atoms with Crippen molar-refractivity contribution >= 4 is 34.0 Å². The molecule has 2 amide bonds. The van der Waals surface area contributed by atoms with Crippen LogP contribution in [0.15, 0.2) is 72.8 Å². The fourth-order valence-corrected chi connectivity index (χ4v) is 6.28. The number of hydrogen-bond donors (Lipinski definition) is 0. The molecule has 1 fully saturated rings. The largest absolute Gasteiger partial charge is 0.304 e. The first-order valence-corrected chi connectivity index (χ1v) is 11.7. The summed E-state index contributed by atoms with van der Waals surface area (Å²) in [5.41, 5.74) is 3.36. The number of fused-ring (bicyclic) bond motifs is 2. The third-order valence-corrected chi connectivity index (χ3v) is 7.82. The van der Waals surface area contributed by atoms with Gasteiger partial charge in [-0.1, -0.05) is 49.4 Å². The molecule has 1 saturated heterocycles. The molecule has 2 aliphatic rings. The quantitative estimate of drug-likeness (QED) is 0.609. The SMILES string of the molecule is CCc1ccc(N2C(=O)CS(=O)C23C(=O)N(Cc2cccc(F)c2)c2ccccc23)cc1. The summed E-state index contributed by atoms with van der Waals surface area (Å²) in [7, 11) is -1.79. The van der Waals surface area contributed by atoms with Crippen LogP contribution in [0.5, 0.6) is 0 Å². The number of anilines is 2. The Bertz CT molecular complexity index is 1260. The van der Waals surface area contributed by atoms with Crippen LogP contribution in [-0.2, 0) is 38.2 Å². The zero-order chi connectivity index (χ0) is 22.5. The molecule has 2 atom stereocenters. The molecular formula is C25H21FN2O3S. The third kappa shape index (κ3) is 2.92. The second-order valence-corrected chi connectivity index (χ2v) is 9.49. The van der Waals surface area contributed by atoms with Crippen LogP contribution in [0.2, 0.25) is 0 Å². The molecule has 32 heavy (non-hydrogen) atoms. The van der Waals surface area contributed by atoms with Crippen LogP contribution in [0.1, 0.15) is 23.6 Å². The highest BCUT2D eigenvalue weighted by Gasteiger charge is 2.65. The Morgan fingerprint density at radius 2 is 1.72 bits per heavy atom. The van der Waals surface area contributed by atoms with Gasteiger partial charge in [-0.25, -0.2) is 4.39 Å². The second kappa shape index (κ2) is 7.67. The van der Waals surface area contributed by atoms with E-state index in [0.29, 0.717) is 22.5 Å². The number of carbonyl (C=O) groups excluding carboxylic acids is 2. The highest BCUT2D eigenvalue weighted by atomic mass is 32.2. The Hall–Kier alpha value is -3.32. The lowest BCUT2D eigenvalue weighted by molar-refractivity contribution is -0.123. The van der Waals surface area contributed by atoms with E-state index >= 15 is 0 Å². The van der Waals surface area contributed by atoms with Gasteiger partial charge in [0.1, 0.15) is 11.6 Å². The highest BCUT2D eigenvalue weighted by Crippen LogP contribution is 2.51. The van der Waals surface area contributed by atoms with Gasteiger partial charge >= 0.3 is 0 Å². The predicted molar refractivity (Wildman–Crippen MR) is 122 cm³/mol. The molecule has 0 aromatic heterocycles. The number of amides is 2. The first-order valence-electron chi connectivity index (χ1n) is 10.4. The number of nitrogens with zero attached hydrogens (tertiary/aromatic N) is 2. The van der Waals surface area contributed by atoms with E-state index in [1.165, 1.54) is 21.9 Å². The highest BCUT2D eigenvalue weighted by molar-refractivity contribution is 7.88. The lowest BCUT2D eigenvalue weighted by atomic mass is 10.0. The first-order chi connectivity index (χ1) is 15.5. The number of rotatable bonds is 4. The Kier molecular flexibility index (Phi) is 4.93. The average Bonchev–Trinajstić information content (AvgIpc) is 3.20. The maximum Gasteiger partial charge on any atom is 0.271 e. The summed E-state index contributed by atoms with van der Waals surface area (Å²) in [6.07, 6.45) is 0.842. The van der Waals surface area contributed by atoms with Crippen molar-refractivity contribution in [3.63, 3.8) is 0 Å². The first kappa shape index (κ1) is 20.6. The molecule has 0 saturated carbocycles. The normalized spacial score (nSPS) is 22.1. The van der Waals surface area contributed by atoms with Gasteiger partial charge in [0.25, 0.3) is 5.91 Å². The molecule has 2 unspecified atom stereocenters. The summed E-state index contributed by atoms with van der Waals surface area (Å²) >= 11 is 0. The van der Waals surface area contributed by atoms with Gasteiger partial charge in [-0.15, -0.1) is 0 Å². The van der Waals surface area contributed by atoms with Crippen molar-refractivity contribution in [2.24, 2.45) is 0 Å².